The molecule has 2 aliphatic heterocycles. The van der Waals surface area contributed by atoms with Crippen molar-refractivity contribution in [3.8, 4) is 0 Å². The van der Waals surface area contributed by atoms with E-state index in [1.54, 1.807) is 23.7 Å². The molecule has 29 heavy (non-hydrogen) atoms. The van der Waals surface area contributed by atoms with Gasteiger partial charge in [-0.25, -0.2) is 0 Å². The minimum atomic E-state index is -0.985. The Morgan fingerprint density at radius 3 is 2.55 bits per heavy atom. The fraction of sp³-hybridized carbons (Fsp3) is 0.450. The monoisotopic (exact) mass is 437 g/mol. The largest absolute Gasteiger partial charge is 0.481 e. The summed E-state index contributed by atoms with van der Waals surface area (Å²) in [6.07, 6.45) is 0.673. The van der Waals surface area contributed by atoms with Crippen LogP contribution in [0.2, 0.25) is 10.0 Å². The van der Waals surface area contributed by atoms with E-state index in [0.29, 0.717) is 40.8 Å². The van der Waals surface area contributed by atoms with Gasteiger partial charge in [0.25, 0.3) is 0 Å². The number of carboxylic acid groups (broad SMARTS) is 1. The Bertz CT molecular complexity index is 990. The topological polar surface area (TPSA) is 93.5 Å². The van der Waals surface area contributed by atoms with Gasteiger partial charge in [0.05, 0.1) is 57.7 Å². The molecule has 1 aromatic heterocycles. The maximum Gasteiger partial charge on any atom is 0.310 e. The number of ether oxygens (including phenoxy) is 1. The van der Waals surface area contributed by atoms with Gasteiger partial charge >= 0.3 is 5.97 Å². The van der Waals surface area contributed by atoms with Crippen LogP contribution in [0, 0.1) is 25.7 Å². The fourth-order valence-electron chi connectivity index (χ4n) is 4.37. The Morgan fingerprint density at radius 2 is 1.90 bits per heavy atom. The lowest BCUT2D eigenvalue weighted by Gasteiger charge is -2.23. The second-order valence-electron chi connectivity index (χ2n) is 7.62. The van der Waals surface area contributed by atoms with Gasteiger partial charge in [-0.15, -0.1) is 0 Å². The molecule has 0 radical (unpaired) electrons. The van der Waals surface area contributed by atoms with Crippen molar-refractivity contribution in [3.63, 3.8) is 0 Å². The zero-order valence-corrected chi connectivity index (χ0v) is 17.5. The number of aryl methyl sites for hydroxylation is 1. The first kappa shape index (κ1) is 20.2. The highest BCUT2D eigenvalue weighted by atomic mass is 35.5. The Kier molecular flexibility index (Phi) is 5.31. The van der Waals surface area contributed by atoms with Crippen LogP contribution < -0.4 is 5.32 Å². The second-order valence-corrected chi connectivity index (χ2v) is 8.44. The average Bonchev–Trinajstić information content (AvgIpc) is 3.34. The summed E-state index contributed by atoms with van der Waals surface area (Å²) in [6, 6.07) is 5.38. The SMILES string of the molecule is Cc1nn(Cc2ccc(Cl)c(Cl)c2)c(C)c1NC(=O)[C@H]1[C@@H](C(=O)O)[C@H]2CC[C@@H]1O2. The van der Waals surface area contributed by atoms with Crippen LogP contribution in [0.4, 0.5) is 5.69 Å². The molecule has 3 heterocycles. The zero-order chi connectivity index (χ0) is 20.9. The van der Waals surface area contributed by atoms with Crippen molar-refractivity contribution in [1.29, 1.82) is 0 Å². The lowest BCUT2D eigenvalue weighted by atomic mass is 9.78. The van der Waals surface area contributed by atoms with E-state index < -0.39 is 17.8 Å². The Morgan fingerprint density at radius 1 is 1.21 bits per heavy atom. The van der Waals surface area contributed by atoms with Crippen LogP contribution in [-0.4, -0.2) is 39.0 Å². The number of amides is 1. The number of benzene rings is 1. The number of fused-ring (bicyclic) bond motifs is 2. The van der Waals surface area contributed by atoms with E-state index in [9.17, 15) is 14.7 Å². The molecule has 2 aliphatic rings. The smallest absolute Gasteiger partial charge is 0.310 e. The van der Waals surface area contributed by atoms with Gasteiger partial charge in [0, 0.05) is 0 Å². The quantitative estimate of drug-likeness (QED) is 0.743. The number of hydrogen-bond acceptors (Lipinski definition) is 4. The lowest BCUT2D eigenvalue weighted by Crippen LogP contribution is -2.41. The molecule has 2 saturated heterocycles. The molecule has 7 nitrogen and oxygen atoms in total. The summed E-state index contributed by atoms with van der Waals surface area (Å²) >= 11 is 12.1. The molecular formula is C20H21Cl2N3O4. The molecule has 1 aromatic carbocycles. The fourth-order valence-corrected chi connectivity index (χ4v) is 4.69. The summed E-state index contributed by atoms with van der Waals surface area (Å²) in [7, 11) is 0. The number of carboxylic acids is 1. The summed E-state index contributed by atoms with van der Waals surface area (Å²) in [6.45, 7) is 4.13. The third kappa shape index (κ3) is 3.63. The molecule has 4 rings (SSSR count). The van der Waals surface area contributed by atoms with E-state index in [0.717, 1.165) is 11.3 Å². The van der Waals surface area contributed by atoms with Crippen LogP contribution in [0.3, 0.4) is 0 Å². The third-order valence-electron chi connectivity index (χ3n) is 5.81. The number of aromatic nitrogens is 2. The van der Waals surface area contributed by atoms with Gasteiger partial charge in [-0.05, 0) is 44.4 Å². The van der Waals surface area contributed by atoms with Crippen LogP contribution in [0.1, 0.15) is 29.8 Å². The summed E-state index contributed by atoms with van der Waals surface area (Å²) < 4.78 is 7.47. The van der Waals surface area contributed by atoms with Crippen molar-refractivity contribution in [2.75, 3.05) is 5.32 Å². The maximum atomic E-state index is 13.0. The first-order chi connectivity index (χ1) is 13.8. The van der Waals surface area contributed by atoms with Crippen molar-refractivity contribution in [2.45, 2.75) is 45.4 Å². The number of hydrogen-bond donors (Lipinski definition) is 2. The first-order valence-electron chi connectivity index (χ1n) is 9.43. The van der Waals surface area contributed by atoms with Crippen molar-refractivity contribution in [1.82, 2.24) is 9.78 Å². The highest BCUT2D eigenvalue weighted by molar-refractivity contribution is 6.42. The molecular weight excluding hydrogens is 417 g/mol. The average molecular weight is 438 g/mol. The number of nitrogens with zero attached hydrogens (tertiary/aromatic N) is 2. The van der Waals surface area contributed by atoms with Crippen molar-refractivity contribution < 1.29 is 19.4 Å². The number of halogens is 2. The van der Waals surface area contributed by atoms with E-state index in [1.165, 1.54) is 0 Å². The predicted molar refractivity (Wildman–Crippen MR) is 108 cm³/mol. The summed E-state index contributed by atoms with van der Waals surface area (Å²) in [5.41, 5.74) is 2.96. The minimum Gasteiger partial charge on any atom is -0.481 e. The molecule has 0 saturated carbocycles. The molecule has 0 unspecified atom stereocenters. The Balaban J connectivity index is 1.54. The van der Waals surface area contributed by atoms with Crippen molar-refractivity contribution in [3.05, 3.63) is 45.2 Å². The number of rotatable bonds is 5. The van der Waals surface area contributed by atoms with Gasteiger partial charge in [0.1, 0.15) is 0 Å². The van der Waals surface area contributed by atoms with E-state index in [1.807, 2.05) is 13.0 Å². The van der Waals surface area contributed by atoms with Crippen molar-refractivity contribution >= 4 is 40.8 Å². The van der Waals surface area contributed by atoms with Gasteiger partial charge in [-0.3, -0.25) is 14.3 Å². The van der Waals surface area contributed by atoms with Crippen LogP contribution in [-0.2, 0) is 20.9 Å². The van der Waals surface area contributed by atoms with Crippen LogP contribution in [0.15, 0.2) is 18.2 Å². The molecule has 1 amide bonds. The highest BCUT2D eigenvalue weighted by Gasteiger charge is 2.55. The molecule has 2 fully saturated rings. The first-order valence-corrected chi connectivity index (χ1v) is 10.2. The van der Waals surface area contributed by atoms with E-state index in [-0.39, 0.29) is 18.1 Å². The Hall–Kier alpha value is -2.09. The number of carbonyl (C=O) groups is 2. The number of anilines is 1. The minimum absolute atomic E-state index is 0.329. The van der Waals surface area contributed by atoms with Gasteiger partial charge in [-0.2, -0.15) is 5.10 Å². The van der Waals surface area contributed by atoms with Crippen molar-refractivity contribution in [2.24, 2.45) is 11.8 Å². The molecule has 2 bridgehead atoms. The predicted octanol–water partition coefficient (Wildman–Crippen LogP) is 3.67. The molecule has 4 atom stereocenters. The van der Waals surface area contributed by atoms with Crippen LogP contribution in [0.5, 0.6) is 0 Å². The normalized spacial score (nSPS) is 25.4. The summed E-state index contributed by atoms with van der Waals surface area (Å²) in [5, 5.41) is 17.9. The highest BCUT2D eigenvalue weighted by Crippen LogP contribution is 2.44. The number of aliphatic carboxylic acids is 1. The molecule has 154 valence electrons. The molecule has 2 N–H and O–H groups in total. The van der Waals surface area contributed by atoms with E-state index in [4.69, 9.17) is 27.9 Å². The second kappa shape index (κ2) is 7.63. The number of nitrogens with one attached hydrogen (secondary N) is 1. The van der Waals surface area contributed by atoms with Gasteiger partial charge in [0.15, 0.2) is 0 Å². The van der Waals surface area contributed by atoms with Gasteiger partial charge < -0.3 is 15.2 Å². The molecule has 0 spiro atoms. The summed E-state index contributed by atoms with van der Waals surface area (Å²) in [5.74, 6) is -2.81. The van der Waals surface area contributed by atoms with Crippen LogP contribution in [0.25, 0.3) is 0 Å². The molecule has 9 heteroatoms. The maximum absolute atomic E-state index is 13.0. The van der Waals surface area contributed by atoms with E-state index in [2.05, 4.69) is 10.4 Å². The molecule has 2 aromatic rings. The standard InChI is InChI=1S/C20H21Cl2N3O4/c1-9-18(10(2)25(24-9)8-11-3-4-12(21)13(22)7-11)23-19(26)16-14-5-6-15(29-14)17(16)20(27)28/h3-4,7,14-17H,5-6,8H2,1-2H3,(H,23,26)(H,27,28)/t14-,15+,16+,17-/m0/s1. The van der Waals surface area contributed by atoms with Crippen LogP contribution >= 0.6 is 23.2 Å². The Labute approximate surface area is 177 Å². The zero-order valence-electron chi connectivity index (χ0n) is 16.0. The third-order valence-corrected chi connectivity index (χ3v) is 6.55. The molecule has 0 aliphatic carbocycles. The lowest BCUT2D eigenvalue weighted by molar-refractivity contribution is -0.147. The number of carbonyl (C=O) groups excluding carboxylic acids is 1. The van der Waals surface area contributed by atoms with Gasteiger partial charge in [-0.1, -0.05) is 29.3 Å². The summed E-state index contributed by atoms with van der Waals surface area (Å²) in [4.78, 5) is 24.6. The van der Waals surface area contributed by atoms with Gasteiger partial charge in [0.2, 0.25) is 5.91 Å². The van der Waals surface area contributed by atoms with E-state index >= 15 is 0 Å².